The number of nitrogens with zero attached hydrogens (tertiary/aromatic N) is 2. The Morgan fingerprint density at radius 3 is 2.93 bits per heavy atom. The van der Waals surface area contributed by atoms with Crippen LogP contribution < -0.4 is 11.1 Å². The molecular formula is C9H13ClN4O. The summed E-state index contributed by atoms with van der Waals surface area (Å²) in [5.74, 6) is 0.645. The van der Waals surface area contributed by atoms with Crippen LogP contribution in [-0.4, -0.2) is 27.2 Å². The number of rotatable bonds is 3. The zero-order valence-corrected chi connectivity index (χ0v) is 8.96. The second kappa shape index (κ2) is 3.83. The Labute approximate surface area is 92.7 Å². The predicted molar refractivity (Wildman–Crippen MR) is 58.7 cm³/mol. The van der Waals surface area contributed by atoms with Gasteiger partial charge in [0.2, 0.25) is 5.95 Å². The first-order valence-corrected chi connectivity index (χ1v) is 5.21. The smallest absolute Gasteiger partial charge is 0.222 e. The van der Waals surface area contributed by atoms with Crippen LogP contribution in [0.25, 0.3) is 0 Å². The molecule has 0 bridgehead atoms. The molecule has 2 rings (SSSR count). The van der Waals surface area contributed by atoms with Crippen molar-refractivity contribution in [2.45, 2.75) is 24.9 Å². The minimum atomic E-state index is -0.608. The number of anilines is 2. The third-order valence-electron chi connectivity index (χ3n) is 2.63. The lowest BCUT2D eigenvalue weighted by atomic mass is 9.80. The maximum atomic E-state index is 9.85. The molecule has 1 aliphatic rings. The van der Waals surface area contributed by atoms with Crippen molar-refractivity contribution < 1.29 is 5.11 Å². The van der Waals surface area contributed by atoms with E-state index in [1.807, 2.05) is 0 Å². The number of hydrogen-bond donors (Lipinski definition) is 3. The van der Waals surface area contributed by atoms with Crippen LogP contribution in [0.2, 0.25) is 5.02 Å². The lowest BCUT2D eigenvalue weighted by Crippen LogP contribution is -2.43. The minimum absolute atomic E-state index is 0.169. The summed E-state index contributed by atoms with van der Waals surface area (Å²) >= 11 is 5.86. The van der Waals surface area contributed by atoms with Gasteiger partial charge in [-0.2, -0.15) is 4.98 Å². The summed E-state index contributed by atoms with van der Waals surface area (Å²) in [6.07, 6.45) is 4.14. The van der Waals surface area contributed by atoms with Gasteiger partial charge >= 0.3 is 0 Å². The quantitative estimate of drug-likeness (QED) is 0.720. The van der Waals surface area contributed by atoms with Crippen LogP contribution in [0.1, 0.15) is 19.3 Å². The highest BCUT2D eigenvalue weighted by atomic mass is 35.5. The van der Waals surface area contributed by atoms with Gasteiger partial charge < -0.3 is 16.2 Å². The van der Waals surface area contributed by atoms with E-state index in [2.05, 4.69) is 15.3 Å². The van der Waals surface area contributed by atoms with Gasteiger partial charge in [0.25, 0.3) is 0 Å². The molecule has 6 heteroatoms. The first kappa shape index (κ1) is 10.4. The minimum Gasteiger partial charge on any atom is -0.388 e. The van der Waals surface area contributed by atoms with Crippen LogP contribution >= 0.6 is 11.6 Å². The van der Waals surface area contributed by atoms with Gasteiger partial charge in [-0.05, 0) is 19.3 Å². The van der Waals surface area contributed by atoms with Crippen molar-refractivity contribution in [1.29, 1.82) is 0 Å². The largest absolute Gasteiger partial charge is 0.388 e. The van der Waals surface area contributed by atoms with Crippen LogP contribution in [0.15, 0.2) is 6.20 Å². The summed E-state index contributed by atoms with van der Waals surface area (Å²) in [6, 6.07) is 0. The summed E-state index contributed by atoms with van der Waals surface area (Å²) in [4.78, 5) is 7.70. The lowest BCUT2D eigenvalue weighted by molar-refractivity contribution is -0.0202. The average Bonchev–Trinajstić information content (AvgIpc) is 2.17. The van der Waals surface area contributed by atoms with Gasteiger partial charge in [0.1, 0.15) is 5.02 Å². The summed E-state index contributed by atoms with van der Waals surface area (Å²) in [6.45, 7) is 0.448. The number of nitrogens with one attached hydrogen (secondary N) is 1. The number of aromatic nitrogens is 2. The molecule has 0 amide bonds. The molecule has 82 valence electrons. The van der Waals surface area contributed by atoms with Crippen molar-refractivity contribution in [3.8, 4) is 0 Å². The maximum Gasteiger partial charge on any atom is 0.222 e. The normalized spacial score (nSPS) is 18.3. The Morgan fingerprint density at radius 1 is 1.60 bits per heavy atom. The standard InChI is InChI=1S/C9H13ClN4O/c10-6-4-12-8(11)14-7(6)13-5-9(15)2-1-3-9/h4,15H,1-3,5H2,(H3,11,12,13,14). The zero-order valence-electron chi connectivity index (χ0n) is 8.20. The molecule has 0 spiro atoms. The van der Waals surface area contributed by atoms with E-state index in [1.54, 1.807) is 0 Å². The highest BCUT2D eigenvalue weighted by Gasteiger charge is 2.34. The molecule has 0 atom stereocenters. The van der Waals surface area contributed by atoms with Crippen LogP contribution in [0.5, 0.6) is 0 Å². The molecule has 1 aromatic heterocycles. The third-order valence-corrected chi connectivity index (χ3v) is 2.91. The topological polar surface area (TPSA) is 84.1 Å². The van der Waals surface area contributed by atoms with Gasteiger partial charge in [0.15, 0.2) is 5.82 Å². The van der Waals surface area contributed by atoms with E-state index in [-0.39, 0.29) is 5.95 Å². The van der Waals surface area contributed by atoms with E-state index in [4.69, 9.17) is 17.3 Å². The monoisotopic (exact) mass is 228 g/mol. The maximum absolute atomic E-state index is 9.85. The Kier molecular flexibility index (Phi) is 2.67. The highest BCUT2D eigenvalue weighted by Crippen LogP contribution is 2.32. The van der Waals surface area contributed by atoms with Crippen molar-refractivity contribution in [2.24, 2.45) is 0 Å². The van der Waals surface area contributed by atoms with Gasteiger partial charge in [-0.1, -0.05) is 11.6 Å². The van der Waals surface area contributed by atoms with Crippen molar-refractivity contribution in [2.75, 3.05) is 17.6 Å². The third kappa shape index (κ3) is 2.30. The Hall–Kier alpha value is -1.07. The van der Waals surface area contributed by atoms with Gasteiger partial charge in [-0.25, -0.2) is 4.98 Å². The average molecular weight is 229 g/mol. The van der Waals surface area contributed by atoms with Crippen molar-refractivity contribution in [3.05, 3.63) is 11.2 Å². The lowest BCUT2D eigenvalue weighted by Gasteiger charge is -2.36. The number of nitrogens with two attached hydrogens (primary N) is 1. The Morgan fingerprint density at radius 2 is 2.33 bits per heavy atom. The van der Waals surface area contributed by atoms with Crippen LogP contribution in [0, 0.1) is 0 Å². The molecule has 0 radical (unpaired) electrons. The highest BCUT2D eigenvalue weighted by molar-refractivity contribution is 6.32. The first-order chi connectivity index (χ1) is 7.09. The molecule has 1 saturated carbocycles. The first-order valence-electron chi connectivity index (χ1n) is 4.83. The molecule has 4 N–H and O–H groups in total. The van der Waals surface area contributed by atoms with Gasteiger partial charge in [-0.15, -0.1) is 0 Å². The molecule has 1 fully saturated rings. The molecule has 0 unspecified atom stereocenters. The molecule has 0 aliphatic heterocycles. The second-order valence-electron chi connectivity index (χ2n) is 3.86. The second-order valence-corrected chi connectivity index (χ2v) is 4.26. The molecule has 1 aromatic rings. The molecule has 1 heterocycles. The molecule has 0 aromatic carbocycles. The van der Waals surface area contributed by atoms with Crippen LogP contribution in [-0.2, 0) is 0 Å². The van der Waals surface area contributed by atoms with E-state index < -0.39 is 5.60 Å². The Balaban J connectivity index is 2.01. The van der Waals surface area contributed by atoms with E-state index in [1.165, 1.54) is 6.20 Å². The summed E-state index contributed by atoms with van der Waals surface area (Å²) in [7, 11) is 0. The molecule has 15 heavy (non-hydrogen) atoms. The number of aliphatic hydroxyl groups is 1. The number of nitrogen functional groups attached to an aromatic ring is 1. The number of hydrogen-bond acceptors (Lipinski definition) is 5. The zero-order chi connectivity index (χ0) is 10.9. The summed E-state index contributed by atoms with van der Waals surface area (Å²) in [5, 5.41) is 13.2. The number of halogens is 1. The molecular weight excluding hydrogens is 216 g/mol. The van der Waals surface area contributed by atoms with E-state index in [0.717, 1.165) is 19.3 Å². The molecule has 1 aliphatic carbocycles. The van der Waals surface area contributed by atoms with Crippen molar-refractivity contribution >= 4 is 23.4 Å². The SMILES string of the molecule is Nc1ncc(Cl)c(NCC2(O)CCC2)n1. The van der Waals surface area contributed by atoms with Gasteiger partial charge in [-0.3, -0.25) is 0 Å². The molecule has 5 nitrogen and oxygen atoms in total. The fourth-order valence-corrected chi connectivity index (χ4v) is 1.67. The van der Waals surface area contributed by atoms with Gasteiger partial charge in [0.05, 0.1) is 11.8 Å². The van der Waals surface area contributed by atoms with Crippen molar-refractivity contribution in [1.82, 2.24) is 9.97 Å². The van der Waals surface area contributed by atoms with E-state index in [9.17, 15) is 5.11 Å². The van der Waals surface area contributed by atoms with Crippen molar-refractivity contribution in [3.63, 3.8) is 0 Å². The molecule has 0 saturated heterocycles. The van der Waals surface area contributed by atoms with Crippen LogP contribution in [0.3, 0.4) is 0 Å². The predicted octanol–water partition coefficient (Wildman–Crippen LogP) is 1.04. The van der Waals surface area contributed by atoms with E-state index >= 15 is 0 Å². The fraction of sp³-hybridized carbons (Fsp3) is 0.556. The van der Waals surface area contributed by atoms with E-state index in [0.29, 0.717) is 17.4 Å². The summed E-state index contributed by atoms with van der Waals surface area (Å²) in [5.41, 5.74) is 4.82. The van der Waals surface area contributed by atoms with Crippen LogP contribution in [0.4, 0.5) is 11.8 Å². The summed E-state index contributed by atoms with van der Waals surface area (Å²) < 4.78 is 0. The fourth-order valence-electron chi connectivity index (χ4n) is 1.51. The van der Waals surface area contributed by atoms with Gasteiger partial charge in [0, 0.05) is 6.54 Å². The Bertz CT molecular complexity index is 367.